The molecule has 0 bridgehead atoms. The van der Waals surface area contributed by atoms with Gasteiger partial charge in [0.05, 0.1) is 11.5 Å². The highest BCUT2D eigenvalue weighted by atomic mass is 15.0. The van der Waals surface area contributed by atoms with E-state index in [1.54, 1.807) is 0 Å². The van der Waals surface area contributed by atoms with Crippen molar-refractivity contribution >= 4 is 11.5 Å². The fraction of sp³-hybridized carbons (Fsp3) is 0.100. The van der Waals surface area contributed by atoms with E-state index in [2.05, 4.69) is 183 Å². The number of benzene rings is 8. The summed E-state index contributed by atoms with van der Waals surface area (Å²) in [6.07, 6.45) is 4.16. The molecule has 1 aromatic heterocycles. The van der Waals surface area contributed by atoms with Gasteiger partial charge < -0.3 is 5.32 Å². The van der Waals surface area contributed by atoms with E-state index < -0.39 is 5.41 Å². The van der Waals surface area contributed by atoms with E-state index in [-0.39, 0.29) is 6.04 Å². The highest BCUT2D eigenvalue weighted by Gasteiger charge is 2.52. The molecule has 2 aliphatic carbocycles. The summed E-state index contributed by atoms with van der Waals surface area (Å²) in [5.41, 5.74) is 19.3. The van der Waals surface area contributed by atoms with Crippen molar-refractivity contribution in [2.45, 2.75) is 38.1 Å². The number of hydrogen-bond donors (Lipinski definition) is 1. The third kappa shape index (κ3) is 6.54. The van der Waals surface area contributed by atoms with Crippen LogP contribution in [-0.2, 0) is 5.41 Å². The highest BCUT2D eigenvalue weighted by Crippen LogP contribution is 2.63. The van der Waals surface area contributed by atoms with Crippen molar-refractivity contribution in [3.05, 3.63) is 250 Å². The fourth-order valence-electron chi connectivity index (χ4n) is 10.4. The monoisotopic (exact) mass is 835 g/mol. The van der Waals surface area contributed by atoms with Gasteiger partial charge >= 0.3 is 0 Å². The van der Waals surface area contributed by atoms with Crippen molar-refractivity contribution in [2.24, 2.45) is 4.99 Å². The standard InChI is InChI=1S/C60H45N5/c1-38-26-30-46-48-32-28-44(55-25-15-24-54(40-16-7-3-8-17-40)61-56(62-55)41-18-9-4-10-19-41)36-52(48)60(50(46)34-38)51-35-39(2)27-31-47(51)49-33-29-45(37-53(49)60)59-64-57(42-20-11-5-12-21-42)63-58(65-59)43-22-13-6-14-23-43/h3-14,16-23,25-37,54H,15,24H2,1-2H3,(H,61,62). The Bertz CT molecular complexity index is 3280. The lowest BCUT2D eigenvalue weighted by molar-refractivity contribution is 0.657. The van der Waals surface area contributed by atoms with Crippen LogP contribution in [0.1, 0.15) is 69.0 Å². The van der Waals surface area contributed by atoms with Gasteiger partial charge in [0, 0.05) is 28.0 Å². The van der Waals surface area contributed by atoms with E-state index in [1.165, 1.54) is 61.2 Å². The number of aryl methyl sites for hydroxylation is 2. The maximum atomic E-state index is 5.44. The van der Waals surface area contributed by atoms with Crippen LogP contribution >= 0.6 is 0 Å². The lowest BCUT2D eigenvalue weighted by Crippen LogP contribution is -2.27. The molecule has 0 radical (unpaired) electrons. The van der Waals surface area contributed by atoms with Crippen molar-refractivity contribution in [1.29, 1.82) is 0 Å². The molecule has 1 aliphatic heterocycles. The van der Waals surface area contributed by atoms with Gasteiger partial charge in [-0.15, -0.1) is 0 Å². The summed E-state index contributed by atoms with van der Waals surface area (Å²) in [6.45, 7) is 4.42. The summed E-state index contributed by atoms with van der Waals surface area (Å²) in [7, 11) is 0. The number of rotatable bonds is 6. The summed E-state index contributed by atoms with van der Waals surface area (Å²) in [4.78, 5) is 20.9. The van der Waals surface area contributed by atoms with Crippen LogP contribution in [0.15, 0.2) is 205 Å². The molecule has 12 rings (SSSR count). The lowest BCUT2D eigenvalue weighted by Gasteiger charge is -2.31. The van der Waals surface area contributed by atoms with Gasteiger partial charge in [-0.05, 0) is 94.5 Å². The SMILES string of the molecule is Cc1ccc2c(c1)C1(c3cc(C)ccc3-c3ccc(-c4nc(-c5ccccc5)nc(-c5ccccc5)n4)cc31)c1cc(C3=CCCC(c4ccccc4)N=C(c4ccccc4)N3)ccc1-2. The normalized spacial score (nSPS) is 16.9. The van der Waals surface area contributed by atoms with Crippen LogP contribution in [0.2, 0.25) is 0 Å². The van der Waals surface area contributed by atoms with Crippen molar-refractivity contribution in [3.63, 3.8) is 0 Å². The molecule has 1 N–H and O–H groups in total. The third-order valence-corrected chi connectivity index (χ3v) is 13.4. The molecule has 8 aromatic carbocycles. The van der Waals surface area contributed by atoms with Gasteiger partial charge in [0.15, 0.2) is 17.5 Å². The number of allylic oxidation sites excluding steroid dienone is 1. The van der Waals surface area contributed by atoms with E-state index in [9.17, 15) is 0 Å². The van der Waals surface area contributed by atoms with Gasteiger partial charge in [-0.25, -0.2) is 15.0 Å². The van der Waals surface area contributed by atoms with Crippen molar-refractivity contribution in [1.82, 2.24) is 20.3 Å². The third-order valence-electron chi connectivity index (χ3n) is 13.4. The maximum Gasteiger partial charge on any atom is 0.164 e. The number of nitrogens with zero attached hydrogens (tertiary/aromatic N) is 4. The van der Waals surface area contributed by atoms with E-state index in [1.807, 2.05) is 36.4 Å². The van der Waals surface area contributed by atoms with Crippen LogP contribution in [0, 0.1) is 13.8 Å². The Morgan fingerprint density at radius 2 is 0.862 bits per heavy atom. The van der Waals surface area contributed by atoms with Crippen molar-refractivity contribution in [3.8, 4) is 56.4 Å². The second-order valence-electron chi connectivity index (χ2n) is 17.5. The molecule has 2 heterocycles. The second-order valence-corrected chi connectivity index (χ2v) is 17.5. The Balaban J connectivity index is 1.06. The number of nitrogens with one attached hydrogen (secondary N) is 1. The Kier molecular flexibility index (Phi) is 9.30. The number of amidine groups is 1. The molecule has 310 valence electrons. The zero-order valence-electron chi connectivity index (χ0n) is 36.3. The van der Waals surface area contributed by atoms with Gasteiger partial charge in [-0.3, -0.25) is 4.99 Å². The smallest absolute Gasteiger partial charge is 0.164 e. The molecule has 9 aromatic rings. The van der Waals surface area contributed by atoms with Crippen LogP contribution in [0.4, 0.5) is 0 Å². The van der Waals surface area contributed by atoms with Gasteiger partial charge in [-0.1, -0.05) is 199 Å². The zero-order valence-corrected chi connectivity index (χ0v) is 36.3. The maximum absolute atomic E-state index is 5.44. The molecule has 3 aliphatic rings. The van der Waals surface area contributed by atoms with Gasteiger partial charge in [0.1, 0.15) is 5.84 Å². The van der Waals surface area contributed by atoms with Crippen molar-refractivity contribution in [2.75, 3.05) is 0 Å². The molecule has 0 fully saturated rings. The van der Waals surface area contributed by atoms with Crippen molar-refractivity contribution < 1.29 is 0 Å². The van der Waals surface area contributed by atoms with Gasteiger partial charge in [-0.2, -0.15) is 0 Å². The molecule has 2 unspecified atom stereocenters. The van der Waals surface area contributed by atoms with E-state index in [0.717, 1.165) is 52.2 Å². The fourth-order valence-corrected chi connectivity index (χ4v) is 10.4. The number of fused-ring (bicyclic) bond motifs is 10. The number of aliphatic imine (C=N–C) groups is 1. The Hall–Kier alpha value is -8.02. The summed E-state index contributed by atoms with van der Waals surface area (Å²) in [6, 6.07) is 69.6. The summed E-state index contributed by atoms with van der Waals surface area (Å²) < 4.78 is 0. The largest absolute Gasteiger partial charge is 0.340 e. The molecule has 0 saturated carbocycles. The van der Waals surface area contributed by atoms with Crippen LogP contribution in [0.3, 0.4) is 0 Å². The molecule has 0 amide bonds. The summed E-state index contributed by atoms with van der Waals surface area (Å²) in [5, 5.41) is 3.89. The molecule has 5 nitrogen and oxygen atoms in total. The molecule has 1 spiro atoms. The first-order chi connectivity index (χ1) is 32.0. The molecule has 0 saturated heterocycles. The zero-order chi connectivity index (χ0) is 43.5. The van der Waals surface area contributed by atoms with E-state index in [4.69, 9.17) is 19.9 Å². The van der Waals surface area contributed by atoms with Crippen LogP contribution < -0.4 is 5.32 Å². The first kappa shape index (κ1) is 38.6. The lowest BCUT2D eigenvalue weighted by atomic mass is 9.69. The molecule has 65 heavy (non-hydrogen) atoms. The average molecular weight is 836 g/mol. The van der Waals surface area contributed by atoms with Gasteiger partial charge in [0.2, 0.25) is 0 Å². The average Bonchev–Trinajstić information content (AvgIpc) is 3.80. The first-order valence-electron chi connectivity index (χ1n) is 22.6. The minimum absolute atomic E-state index is 0.0404. The molecule has 5 heteroatoms. The molecular formula is C60H45N5. The predicted octanol–water partition coefficient (Wildman–Crippen LogP) is 13.7. The minimum atomic E-state index is -0.603. The van der Waals surface area contributed by atoms with Crippen LogP contribution in [0.25, 0.3) is 62.1 Å². The van der Waals surface area contributed by atoms with Crippen LogP contribution in [0.5, 0.6) is 0 Å². The Labute approximate surface area is 380 Å². The predicted molar refractivity (Wildman–Crippen MR) is 264 cm³/mol. The molecule has 2 atom stereocenters. The number of hydrogen-bond acceptors (Lipinski definition) is 5. The summed E-state index contributed by atoms with van der Waals surface area (Å²) in [5.74, 6) is 2.81. The molecular weight excluding hydrogens is 791 g/mol. The van der Waals surface area contributed by atoms with E-state index >= 15 is 0 Å². The van der Waals surface area contributed by atoms with Gasteiger partial charge in [0.25, 0.3) is 0 Å². The minimum Gasteiger partial charge on any atom is -0.340 e. The van der Waals surface area contributed by atoms with Crippen LogP contribution in [-0.4, -0.2) is 20.8 Å². The second kappa shape index (κ2) is 15.7. The topological polar surface area (TPSA) is 63.1 Å². The Morgan fingerprint density at radius 1 is 0.431 bits per heavy atom. The Morgan fingerprint density at radius 3 is 1.40 bits per heavy atom. The number of aromatic nitrogens is 3. The highest BCUT2D eigenvalue weighted by molar-refractivity contribution is 6.04. The van der Waals surface area contributed by atoms with E-state index in [0.29, 0.717) is 17.5 Å². The quantitative estimate of drug-likeness (QED) is 0.181. The first-order valence-corrected chi connectivity index (χ1v) is 22.6. The summed E-state index contributed by atoms with van der Waals surface area (Å²) >= 11 is 0.